The lowest BCUT2D eigenvalue weighted by Gasteiger charge is -2.12. The number of hydrogen-bond donors (Lipinski definition) is 0. The van der Waals surface area contributed by atoms with Crippen molar-refractivity contribution in [2.75, 3.05) is 7.05 Å². The zero-order chi connectivity index (χ0) is 9.56. The van der Waals surface area contributed by atoms with Crippen molar-refractivity contribution in [3.8, 4) is 0 Å². The van der Waals surface area contributed by atoms with Crippen molar-refractivity contribution in [2.45, 2.75) is 33.1 Å². The molecule has 0 aromatic heterocycles. The molecule has 0 spiro atoms. The summed E-state index contributed by atoms with van der Waals surface area (Å²) in [6.07, 6.45) is 2.28. The van der Waals surface area contributed by atoms with Crippen LogP contribution in [0.15, 0.2) is 0 Å². The Labute approximate surface area is 72.9 Å². The topological polar surface area (TPSA) is 51.5 Å². The average Bonchev–Trinajstić information content (AvgIpc) is 1.98. The van der Waals surface area contributed by atoms with Crippen molar-refractivity contribution in [3.05, 3.63) is 0 Å². The fraction of sp³-hybridized carbons (Fsp3) is 0.750. The highest BCUT2D eigenvalue weighted by molar-refractivity contribution is 5.80. The number of carbonyl (C=O) groups is 2. The Kier molecular flexibility index (Phi) is 5.08. The molecule has 0 rings (SSSR count). The van der Waals surface area contributed by atoms with Gasteiger partial charge in [0.05, 0.1) is 0 Å². The van der Waals surface area contributed by atoms with Gasteiger partial charge in [0.2, 0.25) is 5.91 Å². The Hall–Kier alpha value is -1.06. The first-order valence-corrected chi connectivity index (χ1v) is 4.06. The minimum Gasteiger partial charge on any atom is -0.273 e. The summed E-state index contributed by atoms with van der Waals surface area (Å²) < 4.78 is 0. The maximum Gasteiger partial charge on any atom is 0.259 e. The second-order valence-electron chi connectivity index (χ2n) is 2.64. The Morgan fingerprint density at radius 1 is 1.42 bits per heavy atom. The van der Waals surface area contributed by atoms with Crippen LogP contribution in [0, 0.1) is 0 Å². The number of unbranched alkanes of at least 4 members (excludes halogenated alkanes) is 1. The lowest BCUT2D eigenvalue weighted by molar-refractivity contribution is -0.139. The number of amides is 2. The summed E-state index contributed by atoms with van der Waals surface area (Å²) in [6, 6.07) is 0. The molecule has 0 unspecified atom stereocenters. The molecule has 4 nitrogen and oxygen atoms in total. The highest BCUT2D eigenvalue weighted by atomic mass is 16.2. The molecule has 4 heteroatoms. The molecule has 2 amide bonds. The summed E-state index contributed by atoms with van der Waals surface area (Å²) in [4.78, 5) is 21.6. The second-order valence-corrected chi connectivity index (χ2v) is 2.64. The molecular formula is C8H15N2O2. The molecule has 0 bridgehead atoms. The fourth-order valence-corrected chi connectivity index (χ4v) is 0.757. The third kappa shape index (κ3) is 4.71. The molecule has 0 fully saturated rings. The van der Waals surface area contributed by atoms with Gasteiger partial charge in [-0.1, -0.05) is 13.3 Å². The molecule has 69 valence electrons. The van der Waals surface area contributed by atoms with Gasteiger partial charge in [-0.2, -0.15) is 0 Å². The first kappa shape index (κ1) is 10.9. The number of hydrogen-bond acceptors (Lipinski definition) is 2. The van der Waals surface area contributed by atoms with Gasteiger partial charge in [-0.25, -0.2) is 5.01 Å². The van der Waals surface area contributed by atoms with Crippen LogP contribution in [0.4, 0.5) is 0 Å². The van der Waals surface area contributed by atoms with Crippen LogP contribution in [0.1, 0.15) is 33.1 Å². The molecule has 0 heterocycles. The summed E-state index contributed by atoms with van der Waals surface area (Å²) in [6.45, 7) is 3.33. The molecule has 0 aliphatic rings. The molecule has 0 N–H and O–H groups in total. The molecule has 0 atom stereocenters. The van der Waals surface area contributed by atoms with Gasteiger partial charge in [-0.05, 0) is 6.42 Å². The van der Waals surface area contributed by atoms with E-state index < -0.39 is 0 Å². The molecule has 0 aliphatic carbocycles. The van der Waals surface area contributed by atoms with E-state index in [9.17, 15) is 9.59 Å². The Bertz CT molecular complexity index is 168. The van der Waals surface area contributed by atoms with E-state index in [1.54, 1.807) is 0 Å². The Balaban J connectivity index is 3.69. The largest absolute Gasteiger partial charge is 0.273 e. The summed E-state index contributed by atoms with van der Waals surface area (Å²) >= 11 is 0. The van der Waals surface area contributed by atoms with Crippen LogP contribution in [-0.4, -0.2) is 23.9 Å². The first-order chi connectivity index (χ1) is 5.57. The van der Waals surface area contributed by atoms with Gasteiger partial charge in [0, 0.05) is 20.4 Å². The minimum absolute atomic E-state index is 0.105. The van der Waals surface area contributed by atoms with Crippen molar-refractivity contribution in [1.29, 1.82) is 0 Å². The van der Waals surface area contributed by atoms with Crippen LogP contribution in [0.5, 0.6) is 0 Å². The lowest BCUT2D eigenvalue weighted by atomic mass is 10.2. The fourth-order valence-electron chi connectivity index (χ4n) is 0.757. The monoisotopic (exact) mass is 171 g/mol. The van der Waals surface area contributed by atoms with Crippen molar-refractivity contribution in [3.63, 3.8) is 0 Å². The standard InChI is InChI=1S/C8H15N2O2/c1-4-5-6-8(12)10(3)9-7(2)11/h4-6H2,1-3H3. The molecule has 1 radical (unpaired) electrons. The lowest BCUT2D eigenvalue weighted by Crippen LogP contribution is -2.36. The molecule has 0 aromatic carbocycles. The van der Waals surface area contributed by atoms with E-state index in [1.807, 2.05) is 6.92 Å². The van der Waals surface area contributed by atoms with Gasteiger partial charge in [-0.15, -0.1) is 5.43 Å². The third-order valence-electron chi connectivity index (χ3n) is 1.40. The van der Waals surface area contributed by atoms with Gasteiger partial charge in [0.1, 0.15) is 0 Å². The maximum absolute atomic E-state index is 11.1. The highest BCUT2D eigenvalue weighted by Gasteiger charge is 2.09. The Morgan fingerprint density at radius 3 is 2.42 bits per heavy atom. The molecular weight excluding hydrogens is 156 g/mol. The molecule has 12 heavy (non-hydrogen) atoms. The SMILES string of the molecule is CCCCC(=O)N(C)[N]C(C)=O. The second kappa shape index (κ2) is 5.57. The first-order valence-electron chi connectivity index (χ1n) is 4.06. The zero-order valence-electron chi connectivity index (χ0n) is 7.83. The summed E-state index contributed by atoms with van der Waals surface area (Å²) in [7, 11) is 1.50. The van der Waals surface area contributed by atoms with E-state index in [2.05, 4.69) is 5.43 Å². The van der Waals surface area contributed by atoms with Crippen LogP contribution in [-0.2, 0) is 9.59 Å². The predicted molar refractivity (Wildman–Crippen MR) is 45.1 cm³/mol. The van der Waals surface area contributed by atoms with Crippen molar-refractivity contribution in [2.24, 2.45) is 0 Å². The van der Waals surface area contributed by atoms with Crippen molar-refractivity contribution < 1.29 is 9.59 Å². The van der Waals surface area contributed by atoms with Crippen LogP contribution >= 0.6 is 0 Å². The molecule has 0 saturated carbocycles. The smallest absolute Gasteiger partial charge is 0.259 e. The zero-order valence-corrected chi connectivity index (χ0v) is 7.83. The van der Waals surface area contributed by atoms with Crippen LogP contribution in [0.25, 0.3) is 0 Å². The maximum atomic E-state index is 11.1. The van der Waals surface area contributed by atoms with E-state index in [-0.39, 0.29) is 11.8 Å². The summed E-state index contributed by atoms with van der Waals surface area (Å²) in [5, 5.41) is 1.11. The van der Waals surface area contributed by atoms with Gasteiger partial charge in [0.15, 0.2) is 0 Å². The quantitative estimate of drug-likeness (QED) is 0.587. The average molecular weight is 171 g/mol. The normalized spacial score (nSPS) is 9.25. The van der Waals surface area contributed by atoms with E-state index in [4.69, 9.17) is 0 Å². The summed E-state index contributed by atoms with van der Waals surface area (Å²) in [5.41, 5.74) is 3.48. The Morgan fingerprint density at radius 2 is 2.00 bits per heavy atom. The minimum atomic E-state index is -0.345. The van der Waals surface area contributed by atoms with Gasteiger partial charge in [0.25, 0.3) is 5.91 Å². The number of rotatable bonds is 3. The van der Waals surface area contributed by atoms with Crippen LogP contribution in [0.2, 0.25) is 0 Å². The van der Waals surface area contributed by atoms with E-state index in [0.29, 0.717) is 6.42 Å². The summed E-state index contributed by atoms with van der Waals surface area (Å²) in [5.74, 6) is -0.450. The molecule has 0 saturated heterocycles. The van der Waals surface area contributed by atoms with E-state index in [0.717, 1.165) is 17.9 Å². The van der Waals surface area contributed by atoms with Crippen molar-refractivity contribution in [1.82, 2.24) is 10.4 Å². The van der Waals surface area contributed by atoms with E-state index >= 15 is 0 Å². The predicted octanol–water partition coefficient (Wildman–Crippen LogP) is 0.701. The van der Waals surface area contributed by atoms with Crippen LogP contribution in [0.3, 0.4) is 0 Å². The third-order valence-corrected chi connectivity index (χ3v) is 1.40. The van der Waals surface area contributed by atoms with Gasteiger partial charge < -0.3 is 0 Å². The number of carbonyl (C=O) groups excluding carboxylic acids is 2. The number of nitrogens with zero attached hydrogens (tertiary/aromatic N) is 2. The van der Waals surface area contributed by atoms with Crippen LogP contribution < -0.4 is 5.43 Å². The van der Waals surface area contributed by atoms with Crippen molar-refractivity contribution >= 4 is 11.8 Å². The van der Waals surface area contributed by atoms with E-state index in [1.165, 1.54) is 14.0 Å². The highest BCUT2D eigenvalue weighted by Crippen LogP contribution is 1.96. The molecule has 0 aromatic rings. The van der Waals surface area contributed by atoms with Gasteiger partial charge in [-0.3, -0.25) is 9.59 Å². The molecule has 0 aliphatic heterocycles. The van der Waals surface area contributed by atoms with Gasteiger partial charge >= 0.3 is 0 Å².